The third-order valence-corrected chi connectivity index (χ3v) is 2.28. The fourth-order valence-electron chi connectivity index (χ4n) is 1.39. The number of nitrogens with one attached hydrogen (secondary N) is 1. The molecule has 102 valence electrons. The molecule has 1 N–H and O–H groups in total. The first-order valence-electron chi connectivity index (χ1n) is 5.93. The van der Waals surface area contributed by atoms with Crippen LogP contribution in [0.2, 0.25) is 5.28 Å². The van der Waals surface area contributed by atoms with E-state index in [1.54, 1.807) is 10.9 Å². The van der Waals surface area contributed by atoms with Gasteiger partial charge in [-0.3, -0.25) is 4.68 Å². The number of rotatable bonds is 6. The number of ether oxygens (including phenoxy) is 1. The number of hydrogen-bond donors (Lipinski definition) is 1. The van der Waals surface area contributed by atoms with E-state index in [9.17, 15) is 0 Å². The monoisotopic (exact) mass is 282 g/mol. The van der Waals surface area contributed by atoms with E-state index in [0.29, 0.717) is 19.0 Å². The van der Waals surface area contributed by atoms with E-state index in [1.165, 1.54) is 0 Å². The molecule has 0 aliphatic carbocycles. The molecule has 2 aromatic heterocycles. The highest BCUT2D eigenvalue weighted by Crippen LogP contribution is 2.12. The van der Waals surface area contributed by atoms with E-state index < -0.39 is 0 Å². The van der Waals surface area contributed by atoms with Crippen molar-refractivity contribution in [2.45, 2.75) is 26.5 Å². The standard InChI is InChI=1S/C11H15ClN6O/c1-8(2)19-11-16-9(12)15-10(17-11)13-5-7-18-6-3-4-14-18/h3-4,6,8H,5,7H2,1-2H3,(H,13,15,16,17). The van der Waals surface area contributed by atoms with Crippen molar-refractivity contribution in [3.05, 3.63) is 23.7 Å². The summed E-state index contributed by atoms with van der Waals surface area (Å²) in [5.41, 5.74) is 0. The summed E-state index contributed by atoms with van der Waals surface area (Å²) >= 11 is 5.81. The molecule has 2 rings (SSSR count). The van der Waals surface area contributed by atoms with Gasteiger partial charge in [-0.2, -0.15) is 20.1 Å². The molecular weight excluding hydrogens is 268 g/mol. The summed E-state index contributed by atoms with van der Waals surface area (Å²) in [5.74, 6) is 0.391. The predicted molar refractivity (Wildman–Crippen MR) is 71.3 cm³/mol. The Balaban J connectivity index is 1.93. The van der Waals surface area contributed by atoms with E-state index in [1.807, 2.05) is 26.1 Å². The molecule has 0 atom stereocenters. The Kier molecular flexibility index (Phi) is 4.51. The fraction of sp³-hybridized carbons (Fsp3) is 0.455. The van der Waals surface area contributed by atoms with Gasteiger partial charge in [0.25, 0.3) is 0 Å². The zero-order valence-corrected chi connectivity index (χ0v) is 11.5. The van der Waals surface area contributed by atoms with Crippen molar-refractivity contribution in [1.82, 2.24) is 24.7 Å². The molecule has 19 heavy (non-hydrogen) atoms. The van der Waals surface area contributed by atoms with Gasteiger partial charge in [-0.25, -0.2) is 0 Å². The van der Waals surface area contributed by atoms with Crippen LogP contribution < -0.4 is 10.1 Å². The minimum Gasteiger partial charge on any atom is -0.461 e. The molecule has 0 aliphatic heterocycles. The Labute approximate surface area is 116 Å². The lowest BCUT2D eigenvalue weighted by atomic mass is 10.5. The second-order valence-electron chi connectivity index (χ2n) is 4.07. The third kappa shape index (κ3) is 4.36. The molecule has 7 nitrogen and oxygen atoms in total. The van der Waals surface area contributed by atoms with Crippen LogP contribution in [0.15, 0.2) is 18.5 Å². The smallest absolute Gasteiger partial charge is 0.322 e. The van der Waals surface area contributed by atoms with Gasteiger partial charge in [-0.1, -0.05) is 0 Å². The molecule has 0 bridgehead atoms. The third-order valence-electron chi connectivity index (χ3n) is 2.11. The van der Waals surface area contributed by atoms with Crippen molar-refractivity contribution in [3.63, 3.8) is 0 Å². The Hall–Kier alpha value is -1.89. The molecule has 0 saturated carbocycles. The summed E-state index contributed by atoms with van der Waals surface area (Å²) in [6.07, 6.45) is 3.60. The molecule has 0 unspecified atom stereocenters. The minimum atomic E-state index is -0.0182. The summed E-state index contributed by atoms with van der Waals surface area (Å²) in [5, 5.41) is 7.25. The van der Waals surface area contributed by atoms with E-state index in [-0.39, 0.29) is 17.4 Å². The lowest BCUT2D eigenvalue weighted by molar-refractivity contribution is 0.222. The number of nitrogens with zero attached hydrogens (tertiary/aromatic N) is 5. The normalized spacial score (nSPS) is 10.7. The molecule has 0 aromatic carbocycles. The quantitative estimate of drug-likeness (QED) is 0.867. The molecule has 0 amide bonds. The highest BCUT2D eigenvalue weighted by atomic mass is 35.5. The maximum atomic E-state index is 5.81. The van der Waals surface area contributed by atoms with Crippen LogP contribution in [-0.4, -0.2) is 37.4 Å². The van der Waals surface area contributed by atoms with Crippen LogP contribution in [0.1, 0.15) is 13.8 Å². The molecule has 0 spiro atoms. The van der Waals surface area contributed by atoms with Crippen molar-refractivity contribution in [1.29, 1.82) is 0 Å². The minimum absolute atomic E-state index is 0.0182. The zero-order valence-electron chi connectivity index (χ0n) is 10.7. The highest BCUT2D eigenvalue weighted by Gasteiger charge is 2.07. The van der Waals surface area contributed by atoms with Gasteiger partial charge in [-0.15, -0.1) is 0 Å². The summed E-state index contributed by atoms with van der Waals surface area (Å²) in [6, 6.07) is 2.09. The number of halogens is 1. The predicted octanol–water partition coefficient (Wildman–Crippen LogP) is 1.62. The summed E-state index contributed by atoms with van der Waals surface area (Å²) < 4.78 is 7.19. The molecule has 0 saturated heterocycles. The average molecular weight is 283 g/mol. The van der Waals surface area contributed by atoms with Crippen molar-refractivity contribution in [2.75, 3.05) is 11.9 Å². The van der Waals surface area contributed by atoms with Crippen LogP contribution in [0.3, 0.4) is 0 Å². The molecule has 0 radical (unpaired) electrons. The maximum absolute atomic E-state index is 5.81. The Morgan fingerprint density at radius 1 is 1.37 bits per heavy atom. The fourth-order valence-corrected chi connectivity index (χ4v) is 1.54. The SMILES string of the molecule is CC(C)Oc1nc(Cl)nc(NCCn2cccn2)n1. The average Bonchev–Trinajstić information content (AvgIpc) is 2.80. The Morgan fingerprint density at radius 3 is 2.89 bits per heavy atom. The van der Waals surface area contributed by atoms with Crippen molar-refractivity contribution in [2.24, 2.45) is 0 Å². The van der Waals surface area contributed by atoms with Crippen LogP contribution >= 0.6 is 11.6 Å². The Morgan fingerprint density at radius 2 is 2.21 bits per heavy atom. The van der Waals surface area contributed by atoms with Crippen LogP contribution in [0, 0.1) is 0 Å². The molecule has 2 aromatic rings. The first-order valence-corrected chi connectivity index (χ1v) is 6.31. The van der Waals surface area contributed by atoms with Crippen molar-refractivity contribution >= 4 is 17.5 Å². The zero-order chi connectivity index (χ0) is 13.7. The number of hydrogen-bond acceptors (Lipinski definition) is 6. The van der Waals surface area contributed by atoms with Gasteiger partial charge in [-0.05, 0) is 31.5 Å². The van der Waals surface area contributed by atoms with Gasteiger partial charge < -0.3 is 10.1 Å². The Bertz CT molecular complexity index is 516. The van der Waals surface area contributed by atoms with Gasteiger partial charge in [0.1, 0.15) is 0 Å². The second kappa shape index (κ2) is 6.33. The molecule has 2 heterocycles. The first-order chi connectivity index (χ1) is 9.13. The first kappa shape index (κ1) is 13.5. The molecule has 0 aliphatic rings. The lowest BCUT2D eigenvalue weighted by Crippen LogP contribution is -2.15. The second-order valence-corrected chi connectivity index (χ2v) is 4.41. The van der Waals surface area contributed by atoms with E-state index in [2.05, 4.69) is 25.4 Å². The highest BCUT2D eigenvalue weighted by molar-refractivity contribution is 6.28. The van der Waals surface area contributed by atoms with E-state index in [4.69, 9.17) is 16.3 Å². The van der Waals surface area contributed by atoms with Gasteiger partial charge in [0.15, 0.2) is 0 Å². The lowest BCUT2D eigenvalue weighted by Gasteiger charge is -2.09. The van der Waals surface area contributed by atoms with E-state index >= 15 is 0 Å². The van der Waals surface area contributed by atoms with Crippen molar-refractivity contribution < 1.29 is 4.74 Å². The van der Waals surface area contributed by atoms with Gasteiger partial charge >= 0.3 is 6.01 Å². The summed E-state index contributed by atoms with van der Waals surface area (Å²) in [4.78, 5) is 12.0. The number of aromatic nitrogens is 5. The molecule has 0 fully saturated rings. The van der Waals surface area contributed by atoms with Crippen LogP contribution in [0.4, 0.5) is 5.95 Å². The van der Waals surface area contributed by atoms with Crippen LogP contribution in [0.25, 0.3) is 0 Å². The summed E-state index contributed by atoms with van der Waals surface area (Å²) in [7, 11) is 0. The van der Waals surface area contributed by atoms with Gasteiger partial charge in [0.2, 0.25) is 11.2 Å². The largest absolute Gasteiger partial charge is 0.461 e. The summed E-state index contributed by atoms with van der Waals surface area (Å²) in [6.45, 7) is 5.12. The van der Waals surface area contributed by atoms with Gasteiger partial charge in [0.05, 0.1) is 12.6 Å². The van der Waals surface area contributed by atoms with Crippen LogP contribution in [0.5, 0.6) is 6.01 Å². The maximum Gasteiger partial charge on any atom is 0.322 e. The van der Waals surface area contributed by atoms with E-state index in [0.717, 1.165) is 0 Å². The van der Waals surface area contributed by atoms with Gasteiger partial charge in [0, 0.05) is 18.9 Å². The molecule has 8 heteroatoms. The van der Waals surface area contributed by atoms with Crippen molar-refractivity contribution in [3.8, 4) is 6.01 Å². The van der Waals surface area contributed by atoms with Crippen LogP contribution in [-0.2, 0) is 6.54 Å². The topological polar surface area (TPSA) is 77.8 Å². The molecular formula is C11H15ClN6O. The number of anilines is 1.